The van der Waals surface area contributed by atoms with Crippen LogP contribution in [0.15, 0.2) is 140 Å². The highest BCUT2D eigenvalue weighted by Gasteiger charge is 2.67. The minimum absolute atomic E-state index is 0.415. The fraction of sp³-hybridized carbons (Fsp3) is 0.0476. The Bertz CT molecular complexity index is 2620. The maximum Gasteiger partial charge on any atom is 0.0649 e. The lowest BCUT2D eigenvalue weighted by atomic mass is 9.45. The van der Waals surface area contributed by atoms with E-state index < -0.39 is 10.8 Å². The summed E-state index contributed by atoms with van der Waals surface area (Å²) in [6.07, 6.45) is 0. The van der Waals surface area contributed by atoms with Gasteiger partial charge in [0.25, 0.3) is 0 Å². The highest BCUT2D eigenvalue weighted by Crippen LogP contribution is 2.73. The molecule has 2 atom stereocenters. The van der Waals surface area contributed by atoms with E-state index in [1.807, 2.05) is 11.3 Å². The normalized spacial score (nSPS) is 20.5. The molecule has 0 bridgehead atoms. The van der Waals surface area contributed by atoms with Gasteiger partial charge in [-0.3, -0.25) is 0 Å². The van der Waals surface area contributed by atoms with E-state index in [4.69, 9.17) is 0 Å². The average Bonchev–Trinajstić information content (AvgIpc) is 3.72. The Morgan fingerprint density at radius 3 is 1.32 bits per heavy atom. The number of nitrogens with zero attached hydrogens (tertiary/aromatic N) is 1. The Balaban J connectivity index is 1.46. The van der Waals surface area contributed by atoms with Gasteiger partial charge in [-0.15, -0.1) is 11.3 Å². The number of hydrogen-bond donors (Lipinski definition) is 0. The van der Waals surface area contributed by atoms with Gasteiger partial charge in [0.2, 0.25) is 0 Å². The van der Waals surface area contributed by atoms with Crippen molar-refractivity contribution in [1.82, 2.24) is 4.57 Å². The van der Waals surface area contributed by atoms with E-state index in [9.17, 15) is 0 Å². The predicted octanol–water partition coefficient (Wildman–Crippen LogP) is 10.6. The molecule has 7 aromatic carbocycles. The van der Waals surface area contributed by atoms with Crippen molar-refractivity contribution >= 4 is 64.1 Å². The summed E-state index contributed by atoms with van der Waals surface area (Å²) in [6, 6.07) is 53.4. The highest BCUT2D eigenvalue weighted by molar-refractivity contribution is 7.25. The SMILES string of the molecule is c1ccc(-n2c3cccc4c3c3c(cccc32)C23c5cccc6cccc(c56)C42c2cccc4sc5cccc3c5c24)cc1. The molecule has 9 aromatic rings. The van der Waals surface area contributed by atoms with Crippen LogP contribution in [-0.4, -0.2) is 4.57 Å². The van der Waals surface area contributed by atoms with Crippen LogP contribution in [0.2, 0.25) is 0 Å². The molecule has 0 N–H and O–H groups in total. The molecule has 0 spiro atoms. The van der Waals surface area contributed by atoms with Gasteiger partial charge < -0.3 is 4.57 Å². The monoisotopic (exact) mass is 573 g/mol. The predicted molar refractivity (Wildman–Crippen MR) is 184 cm³/mol. The summed E-state index contributed by atoms with van der Waals surface area (Å²) in [7, 11) is 0. The minimum Gasteiger partial charge on any atom is -0.309 e. The third-order valence-electron chi connectivity index (χ3n) is 11.2. The zero-order chi connectivity index (χ0) is 28.4. The maximum atomic E-state index is 2.50. The molecule has 2 unspecified atom stereocenters. The quantitative estimate of drug-likeness (QED) is 0.184. The van der Waals surface area contributed by atoms with Crippen LogP contribution in [0.25, 0.3) is 58.4 Å². The summed E-state index contributed by atoms with van der Waals surface area (Å²) < 4.78 is 5.27. The minimum atomic E-state index is -0.415. The van der Waals surface area contributed by atoms with Crippen molar-refractivity contribution in [2.24, 2.45) is 0 Å². The molecule has 2 heterocycles. The summed E-state index contributed by atoms with van der Waals surface area (Å²) in [5, 5.41) is 8.43. The van der Waals surface area contributed by atoms with Crippen LogP contribution in [0.4, 0.5) is 0 Å². The van der Waals surface area contributed by atoms with Gasteiger partial charge in [0, 0.05) is 36.6 Å². The van der Waals surface area contributed by atoms with Gasteiger partial charge in [-0.1, -0.05) is 103 Å². The third kappa shape index (κ3) is 2.05. The first-order valence-electron chi connectivity index (χ1n) is 15.5. The second kappa shape index (κ2) is 7.13. The molecule has 3 aliphatic carbocycles. The van der Waals surface area contributed by atoms with Crippen molar-refractivity contribution in [2.75, 3.05) is 0 Å². The Morgan fingerprint density at radius 1 is 0.364 bits per heavy atom. The van der Waals surface area contributed by atoms with E-state index in [0.717, 1.165) is 0 Å². The molecule has 1 nitrogen and oxygen atoms in total. The van der Waals surface area contributed by atoms with Gasteiger partial charge in [0.15, 0.2) is 0 Å². The lowest BCUT2D eigenvalue weighted by Gasteiger charge is -2.54. The lowest BCUT2D eigenvalue weighted by molar-refractivity contribution is 0.447. The largest absolute Gasteiger partial charge is 0.309 e. The topological polar surface area (TPSA) is 4.93 Å². The number of thiophene rings is 1. The summed E-state index contributed by atoms with van der Waals surface area (Å²) in [6.45, 7) is 0. The molecular weight excluding hydrogens is 551 g/mol. The molecule has 0 aliphatic heterocycles. The summed E-state index contributed by atoms with van der Waals surface area (Å²) >= 11 is 1.95. The Hall–Kier alpha value is -5.18. The zero-order valence-electron chi connectivity index (χ0n) is 23.6. The van der Waals surface area contributed by atoms with Gasteiger partial charge in [0.1, 0.15) is 0 Å². The Morgan fingerprint density at radius 2 is 0.795 bits per heavy atom. The van der Waals surface area contributed by atoms with Crippen LogP contribution < -0.4 is 0 Å². The Labute approximate surface area is 257 Å². The molecule has 0 saturated heterocycles. The molecule has 44 heavy (non-hydrogen) atoms. The average molecular weight is 574 g/mol. The zero-order valence-corrected chi connectivity index (χ0v) is 24.5. The van der Waals surface area contributed by atoms with E-state index in [2.05, 4.69) is 144 Å². The second-order valence-electron chi connectivity index (χ2n) is 12.7. The van der Waals surface area contributed by atoms with E-state index in [-0.39, 0.29) is 0 Å². The smallest absolute Gasteiger partial charge is 0.0649 e. The van der Waals surface area contributed by atoms with E-state index in [1.54, 1.807) is 0 Å². The maximum absolute atomic E-state index is 2.50. The Kier molecular flexibility index (Phi) is 3.62. The van der Waals surface area contributed by atoms with E-state index in [0.29, 0.717) is 0 Å². The van der Waals surface area contributed by atoms with Crippen molar-refractivity contribution < 1.29 is 0 Å². The summed E-state index contributed by atoms with van der Waals surface area (Å²) in [5.74, 6) is 0. The van der Waals surface area contributed by atoms with Gasteiger partial charge in [-0.25, -0.2) is 0 Å². The molecule has 2 heteroatoms. The molecule has 0 saturated carbocycles. The van der Waals surface area contributed by atoms with Gasteiger partial charge >= 0.3 is 0 Å². The van der Waals surface area contributed by atoms with Crippen LogP contribution in [-0.2, 0) is 10.8 Å². The van der Waals surface area contributed by atoms with E-state index >= 15 is 0 Å². The van der Waals surface area contributed by atoms with Crippen molar-refractivity contribution in [2.45, 2.75) is 10.8 Å². The van der Waals surface area contributed by atoms with Crippen LogP contribution in [0.5, 0.6) is 0 Å². The molecule has 12 rings (SSSR count). The first-order chi connectivity index (χ1) is 21.8. The molecule has 3 aliphatic rings. The number of rotatable bonds is 1. The first-order valence-corrected chi connectivity index (χ1v) is 16.3. The number of benzene rings is 7. The summed E-state index contributed by atoms with van der Waals surface area (Å²) in [4.78, 5) is 0. The standard InChI is InChI=1S/C42H23NS/c1-2-12-25(13-3-1)43-32-20-6-16-28-37(32)38-29(17-7-21-33(38)43)42-27-15-5-11-24-10-4-14-26(36(24)27)41(28,42)30-18-8-22-34-39(30)40-31(42)19-9-23-35(40)44-34/h1-23H. The summed E-state index contributed by atoms with van der Waals surface area (Å²) in [5.41, 5.74) is 11.6. The third-order valence-corrected chi connectivity index (χ3v) is 12.4. The lowest BCUT2D eigenvalue weighted by Crippen LogP contribution is -2.52. The number of hydrogen-bond acceptors (Lipinski definition) is 1. The fourth-order valence-electron chi connectivity index (χ4n) is 10.1. The van der Waals surface area contributed by atoms with Gasteiger partial charge in [-0.2, -0.15) is 0 Å². The molecule has 0 radical (unpaired) electrons. The van der Waals surface area contributed by atoms with Crippen molar-refractivity contribution in [3.63, 3.8) is 0 Å². The molecule has 2 aromatic heterocycles. The van der Waals surface area contributed by atoms with Crippen LogP contribution in [0, 0.1) is 0 Å². The number of aromatic nitrogens is 1. The van der Waals surface area contributed by atoms with Crippen LogP contribution in [0.1, 0.15) is 33.4 Å². The first kappa shape index (κ1) is 22.4. The molecule has 0 fully saturated rings. The highest BCUT2D eigenvalue weighted by atomic mass is 32.1. The van der Waals surface area contributed by atoms with E-state index in [1.165, 1.54) is 91.8 Å². The van der Waals surface area contributed by atoms with Crippen molar-refractivity contribution in [3.8, 4) is 5.69 Å². The fourth-order valence-corrected chi connectivity index (χ4v) is 11.3. The van der Waals surface area contributed by atoms with Crippen molar-refractivity contribution in [3.05, 3.63) is 173 Å². The van der Waals surface area contributed by atoms with Crippen molar-refractivity contribution in [1.29, 1.82) is 0 Å². The molecular formula is C42H23NS. The van der Waals surface area contributed by atoms with Crippen LogP contribution >= 0.6 is 11.3 Å². The van der Waals surface area contributed by atoms with Gasteiger partial charge in [-0.05, 0) is 80.6 Å². The number of para-hydroxylation sites is 1. The molecule has 0 amide bonds. The van der Waals surface area contributed by atoms with Gasteiger partial charge in [0.05, 0.1) is 21.9 Å². The molecule has 202 valence electrons. The van der Waals surface area contributed by atoms with Crippen LogP contribution in [0.3, 0.4) is 0 Å². The second-order valence-corrected chi connectivity index (χ2v) is 13.8.